The van der Waals surface area contributed by atoms with Gasteiger partial charge in [0.05, 0.1) is 7.11 Å². The molecule has 7 nitrogen and oxygen atoms in total. The molecule has 130 valence electrons. The number of hydrogen-bond acceptors (Lipinski definition) is 6. The molecule has 2 rings (SSSR count). The van der Waals surface area contributed by atoms with Gasteiger partial charge in [0.25, 0.3) is 5.91 Å². The molecule has 0 saturated heterocycles. The van der Waals surface area contributed by atoms with Crippen molar-refractivity contribution in [3.63, 3.8) is 0 Å². The number of nitriles is 1. The summed E-state index contributed by atoms with van der Waals surface area (Å²) in [6.45, 7) is 3.06. The second-order valence-electron chi connectivity index (χ2n) is 5.04. The minimum Gasteiger partial charge on any atom is -0.481 e. The number of halogens is 1. The Bertz CT molecular complexity index is 836. The van der Waals surface area contributed by atoms with Crippen LogP contribution in [-0.2, 0) is 9.53 Å². The van der Waals surface area contributed by atoms with Gasteiger partial charge in [0.15, 0.2) is 6.10 Å². The largest absolute Gasteiger partial charge is 0.481 e. The predicted molar refractivity (Wildman–Crippen MR) is 92.4 cm³/mol. The monoisotopic (exact) mass is 406 g/mol. The summed E-state index contributed by atoms with van der Waals surface area (Å²) in [5.41, 5.74) is -0.102. The molecule has 0 aliphatic carbocycles. The average Bonchev–Trinajstić information content (AvgIpc) is 2.91. The highest BCUT2D eigenvalue weighted by atomic mass is 79.9. The summed E-state index contributed by atoms with van der Waals surface area (Å²) in [6, 6.07) is 8.83. The summed E-state index contributed by atoms with van der Waals surface area (Å²) in [6.07, 6.45) is -0.847. The van der Waals surface area contributed by atoms with Crippen LogP contribution < -0.4 is 10.1 Å². The number of methoxy groups -OCH3 is 1. The highest BCUT2D eigenvalue weighted by molar-refractivity contribution is 9.10. The van der Waals surface area contributed by atoms with Crippen molar-refractivity contribution in [2.75, 3.05) is 12.4 Å². The van der Waals surface area contributed by atoms with E-state index >= 15 is 0 Å². The van der Waals surface area contributed by atoms with E-state index in [1.165, 1.54) is 14.0 Å². The molecule has 0 aliphatic rings. The minimum atomic E-state index is -0.847. The second kappa shape index (κ2) is 7.85. The first-order chi connectivity index (χ1) is 11.9. The van der Waals surface area contributed by atoms with Gasteiger partial charge in [-0.15, -0.1) is 0 Å². The number of hydrogen-bond donors (Lipinski definition) is 1. The number of benzene rings is 1. The SMILES string of the molecule is COC(=O)c1c(C)oc(NC(=O)C(C)Oc2ccc(Br)cc2)c1C#N. The molecule has 0 aliphatic heterocycles. The lowest BCUT2D eigenvalue weighted by atomic mass is 10.1. The van der Waals surface area contributed by atoms with Gasteiger partial charge in [-0.2, -0.15) is 5.26 Å². The number of carbonyl (C=O) groups is 2. The number of rotatable bonds is 5. The predicted octanol–water partition coefficient (Wildman–Crippen LogP) is 3.41. The standard InChI is InChI=1S/C17H15BrN2O5/c1-9-14(17(22)23-3)13(8-19)16(25-9)20-15(21)10(2)24-12-6-4-11(18)5-7-12/h4-7,10H,1-3H3,(H,20,21). The van der Waals surface area contributed by atoms with Crippen molar-refractivity contribution in [1.29, 1.82) is 5.26 Å². The molecule has 1 N–H and O–H groups in total. The Morgan fingerprint density at radius 1 is 1.32 bits per heavy atom. The zero-order valence-electron chi connectivity index (χ0n) is 13.8. The van der Waals surface area contributed by atoms with E-state index in [9.17, 15) is 14.9 Å². The molecule has 0 spiro atoms. The lowest BCUT2D eigenvalue weighted by molar-refractivity contribution is -0.122. The lowest BCUT2D eigenvalue weighted by Gasteiger charge is -2.13. The Kier molecular flexibility index (Phi) is 5.83. The van der Waals surface area contributed by atoms with Gasteiger partial charge >= 0.3 is 5.97 Å². The molecule has 1 atom stereocenters. The number of nitrogens with one attached hydrogen (secondary N) is 1. The maximum Gasteiger partial charge on any atom is 0.342 e. The molecular formula is C17H15BrN2O5. The molecular weight excluding hydrogens is 392 g/mol. The summed E-state index contributed by atoms with van der Waals surface area (Å²) in [5, 5.41) is 11.7. The molecule has 1 aromatic carbocycles. The van der Waals surface area contributed by atoms with Gasteiger partial charge in [-0.05, 0) is 38.1 Å². The third-order valence-electron chi connectivity index (χ3n) is 3.32. The van der Waals surface area contributed by atoms with Gasteiger partial charge in [-0.3, -0.25) is 10.1 Å². The van der Waals surface area contributed by atoms with Crippen molar-refractivity contribution in [2.24, 2.45) is 0 Å². The van der Waals surface area contributed by atoms with Crippen molar-refractivity contribution in [2.45, 2.75) is 20.0 Å². The van der Waals surface area contributed by atoms with Gasteiger partial charge in [-0.25, -0.2) is 4.79 Å². The summed E-state index contributed by atoms with van der Waals surface area (Å²) < 4.78 is 16.4. The van der Waals surface area contributed by atoms with Gasteiger partial charge < -0.3 is 13.9 Å². The smallest absolute Gasteiger partial charge is 0.342 e. The maximum absolute atomic E-state index is 12.3. The lowest BCUT2D eigenvalue weighted by Crippen LogP contribution is -2.30. The quantitative estimate of drug-likeness (QED) is 0.763. The Labute approximate surface area is 152 Å². The van der Waals surface area contributed by atoms with Crippen LogP contribution in [0.1, 0.15) is 28.6 Å². The van der Waals surface area contributed by atoms with E-state index < -0.39 is 18.0 Å². The molecule has 0 bridgehead atoms. The Morgan fingerprint density at radius 3 is 2.52 bits per heavy atom. The second-order valence-corrected chi connectivity index (χ2v) is 5.96. The summed E-state index contributed by atoms with van der Waals surface area (Å²) in [5.74, 6) is -0.656. The number of anilines is 1. The maximum atomic E-state index is 12.3. The highest BCUT2D eigenvalue weighted by Crippen LogP contribution is 2.27. The zero-order chi connectivity index (χ0) is 18.6. The van der Waals surface area contributed by atoms with Gasteiger partial charge in [0, 0.05) is 4.47 Å². The fraction of sp³-hybridized carbons (Fsp3) is 0.235. The molecule has 2 aromatic rings. The van der Waals surface area contributed by atoms with E-state index in [4.69, 9.17) is 9.15 Å². The molecule has 0 fully saturated rings. The Morgan fingerprint density at radius 2 is 1.96 bits per heavy atom. The van der Waals surface area contributed by atoms with E-state index in [0.717, 1.165) is 4.47 Å². The molecule has 0 radical (unpaired) electrons. The van der Waals surface area contributed by atoms with Gasteiger partial charge in [-0.1, -0.05) is 15.9 Å². The van der Waals surface area contributed by atoms with Crippen molar-refractivity contribution in [3.8, 4) is 11.8 Å². The van der Waals surface area contributed by atoms with Crippen LogP contribution >= 0.6 is 15.9 Å². The summed E-state index contributed by atoms with van der Waals surface area (Å²) >= 11 is 3.31. The van der Waals surface area contributed by atoms with Crippen LogP contribution in [0.25, 0.3) is 0 Å². The van der Waals surface area contributed by atoms with Crippen molar-refractivity contribution in [3.05, 3.63) is 45.6 Å². The van der Waals surface area contributed by atoms with Crippen molar-refractivity contribution < 1.29 is 23.5 Å². The first-order valence-corrected chi connectivity index (χ1v) is 8.01. The van der Waals surface area contributed by atoms with E-state index in [1.54, 1.807) is 31.2 Å². The molecule has 1 unspecified atom stereocenters. The van der Waals surface area contributed by atoms with Crippen molar-refractivity contribution in [1.82, 2.24) is 0 Å². The van der Waals surface area contributed by atoms with Crippen LogP contribution in [-0.4, -0.2) is 25.1 Å². The van der Waals surface area contributed by atoms with Crippen LogP contribution in [0.15, 0.2) is 33.2 Å². The topological polar surface area (TPSA) is 102 Å². The number of furan rings is 1. The van der Waals surface area contributed by atoms with Crippen LogP contribution in [0.5, 0.6) is 5.75 Å². The number of amides is 1. The fourth-order valence-corrected chi connectivity index (χ4v) is 2.34. The third-order valence-corrected chi connectivity index (χ3v) is 3.85. The number of nitrogens with zero attached hydrogens (tertiary/aromatic N) is 1. The minimum absolute atomic E-state index is 0.0122. The Balaban J connectivity index is 2.16. The normalized spacial score (nSPS) is 11.3. The van der Waals surface area contributed by atoms with Crippen molar-refractivity contribution >= 4 is 33.7 Å². The van der Waals surface area contributed by atoms with Crippen LogP contribution in [0.3, 0.4) is 0 Å². The number of aryl methyl sites for hydroxylation is 1. The van der Waals surface area contributed by atoms with E-state index in [0.29, 0.717) is 5.75 Å². The number of carbonyl (C=O) groups excluding carboxylic acids is 2. The summed E-state index contributed by atoms with van der Waals surface area (Å²) in [7, 11) is 1.20. The zero-order valence-corrected chi connectivity index (χ0v) is 15.3. The molecule has 1 amide bonds. The first-order valence-electron chi connectivity index (χ1n) is 7.22. The number of esters is 1. The van der Waals surface area contributed by atoms with Crippen LogP contribution in [0, 0.1) is 18.3 Å². The molecule has 0 saturated carbocycles. The third kappa shape index (κ3) is 4.19. The van der Waals surface area contributed by atoms with Crippen LogP contribution in [0.4, 0.5) is 5.88 Å². The van der Waals surface area contributed by atoms with Gasteiger partial charge in [0.2, 0.25) is 5.88 Å². The highest BCUT2D eigenvalue weighted by Gasteiger charge is 2.26. The molecule has 25 heavy (non-hydrogen) atoms. The molecule has 8 heteroatoms. The fourth-order valence-electron chi connectivity index (χ4n) is 2.07. The van der Waals surface area contributed by atoms with Crippen LogP contribution in [0.2, 0.25) is 0 Å². The molecule has 1 heterocycles. The van der Waals surface area contributed by atoms with E-state index in [-0.39, 0.29) is 22.8 Å². The van der Waals surface area contributed by atoms with Gasteiger partial charge in [0.1, 0.15) is 28.7 Å². The van der Waals surface area contributed by atoms with E-state index in [1.807, 2.05) is 6.07 Å². The van der Waals surface area contributed by atoms with E-state index in [2.05, 4.69) is 26.0 Å². The molecule has 1 aromatic heterocycles. The average molecular weight is 407 g/mol. The first kappa shape index (κ1) is 18.5. The summed E-state index contributed by atoms with van der Waals surface area (Å²) in [4.78, 5) is 24.0. The Hall–Kier alpha value is -2.79. The number of ether oxygens (including phenoxy) is 2.